The number of nitrogens with zero attached hydrogens (tertiary/aromatic N) is 3. The van der Waals surface area contributed by atoms with E-state index in [0.29, 0.717) is 10.6 Å². The van der Waals surface area contributed by atoms with E-state index < -0.39 is 5.41 Å². The first-order valence-electron chi connectivity index (χ1n) is 12.5. The number of hydrogen-bond donors (Lipinski definition) is 1. The van der Waals surface area contributed by atoms with Gasteiger partial charge in [0, 0.05) is 35.1 Å². The number of benzene rings is 3. The molecule has 0 saturated carbocycles. The van der Waals surface area contributed by atoms with E-state index in [2.05, 4.69) is 59.3 Å². The monoisotopic (exact) mass is 506 g/mol. The highest BCUT2D eigenvalue weighted by Gasteiger charge is 2.34. The van der Waals surface area contributed by atoms with Gasteiger partial charge in [0.15, 0.2) is 0 Å². The zero-order valence-electron chi connectivity index (χ0n) is 21.4. The SMILES string of the molecule is CC(N[C@@H](c1ccc(-n2cccc2)cc1)C(C)(C)C#N)C(Cc1ccc(Cl)cc1)c1cccc(C#N)c1. The molecule has 0 amide bonds. The zero-order valence-corrected chi connectivity index (χ0v) is 22.2. The summed E-state index contributed by atoms with van der Waals surface area (Å²) in [4.78, 5) is 0. The van der Waals surface area contributed by atoms with Gasteiger partial charge in [0.2, 0.25) is 0 Å². The van der Waals surface area contributed by atoms with Crippen molar-refractivity contribution in [1.29, 1.82) is 10.5 Å². The molecule has 0 aliphatic heterocycles. The van der Waals surface area contributed by atoms with Gasteiger partial charge in [-0.25, -0.2) is 0 Å². The minimum Gasteiger partial charge on any atom is -0.324 e. The first-order valence-corrected chi connectivity index (χ1v) is 12.8. The van der Waals surface area contributed by atoms with Crippen LogP contribution in [0, 0.1) is 28.1 Å². The van der Waals surface area contributed by atoms with Crippen LogP contribution >= 0.6 is 11.6 Å². The van der Waals surface area contributed by atoms with E-state index in [1.54, 1.807) is 0 Å². The highest BCUT2D eigenvalue weighted by molar-refractivity contribution is 6.30. The predicted molar refractivity (Wildman–Crippen MR) is 150 cm³/mol. The van der Waals surface area contributed by atoms with Crippen LogP contribution in [0.1, 0.15) is 55.0 Å². The Bertz CT molecular complexity index is 1390. The maximum atomic E-state index is 10.1. The van der Waals surface area contributed by atoms with Crippen molar-refractivity contribution in [3.05, 3.63) is 125 Å². The number of rotatable bonds is 9. The van der Waals surface area contributed by atoms with E-state index >= 15 is 0 Å². The van der Waals surface area contributed by atoms with Gasteiger partial charge in [-0.05, 0) is 92.4 Å². The molecule has 0 saturated heterocycles. The van der Waals surface area contributed by atoms with Gasteiger partial charge in [-0.1, -0.05) is 48.0 Å². The lowest BCUT2D eigenvalue weighted by Gasteiger charge is -2.36. The standard InChI is InChI=1S/C32H31ClN4/c1-23(30(20-24-9-13-28(33)14-10-24)27-8-6-7-25(19-27)21-34)36-31(32(2,3)22-35)26-11-15-29(16-12-26)37-17-4-5-18-37/h4-19,23,30-31,36H,20H2,1-3H3/t23?,30?,31-/m0/s1. The first kappa shape index (κ1) is 26.2. The highest BCUT2D eigenvalue weighted by atomic mass is 35.5. The van der Waals surface area contributed by atoms with Crippen LogP contribution < -0.4 is 5.32 Å². The number of hydrogen-bond acceptors (Lipinski definition) is 3. The molecule has 1 aromatic heterocycles. The van der Waals surface area contributed by atoms with E-state index in [4.69, 9.17) is 11.6 Å². The summed E-state index contributed by atoms with van der Waals surface area (Å²) in [5.74, 6) is 0.0746. The summed E-state index contributed by atoms with van der Waals surface area (Å²) in [6.45, 7) is 6.11. The molecule has 1 heterocycles. The minimum absolute atomic E-state index is 0.00590. The van der Waals surface area contributed by atoms with Gasteiger partial charge in [0.1, 0.15) is 0 Å². The van der Waals surface area contributed by atoms with Crippen molar-refractivity contribution in [2.75, 3.05) is 0 Å². The Kier molecular flexibility index (Phi) is 8.14. The second-order valence-electron chi connectivity index (χ2n) is 10.1. The van der Waals surface area contributed by atoms with Gasteiger partial charge < -0.3 is 9.88 Å². The molecule has 2 unspecified atom stereocenters. The van der Waals surface area contributed by atoms with Crippen LogP contribution in [0.3, 0.4) is 0 Å². The van der Waals surface area contributed by atoms with E-state index in [1.165, 1.54) is 0 Å². The van der Waals surface area contributed by atoms with Gasteiger partial charge in [0.05, 0.1) is 29.2 Å². The smallest absolute Gasteiger partial charge is 0.0991 e. The van der Waals surface area contributed by atoms with Crippen LogP contribution in [0.15, 0.2) is 97.3 Å². The van der Waals surface area contributed by atoms with Crippen LogP contribution in [0.4, 0.5) is 0 Å². The first-order chi connectivity index (χ1) is 17.8. The summed E-state index contributed by atoms with van der Waals surface area (Å²) in [5.41, 5.74) is 4.38. The normalized spacial score (nSPS) is 13.8. The molecule has 0 radical (unpaired) electrons. The summed E-state index contributed by atoms with van der Waals surface area (Å²) in [6.07, 6.45) is 4.80. The van der Waals surface area contributed by atoms with Gasteiger partial charge in [-0.2, -0.15) is 10.5 Å². The molecule has 3 atom stereocenters. The second-order valence-corrected chi connectivity index (χ2v) is 10.5. The molecule has 4 aromatic rings. The third-order valence-corrected chi connectivity index (χ3v) is 7.24. The third-order valence-electron chi connectivity index (χ3n) is 6.98. The number of halogens is 1. The molecule has 0 spiro atoms. The minimum atomic E-state index is -0.650. The van der Waals surface area contributed by atoms with Crippen LogP contribution in [0.2, 0.25) is 5.02 Å². The van der Waals surface area contributed by atoms with Crippen molar-refractivity contribution in [3.63, 3.8) is 0 Å². The Hall–Kier alpha value is -3.83. The molecule has 0 bridgehead atoms. The second kappa shape index (κ2) is 11.5. The summed E-state index contributed by atoms with van der Waals surface area (Å²) < 4.78 is 2.06. The Morgan fingerprint density at radius 3 is 2.19 bits per heavy atom. The molecule has 4 nitrogen and oxygen atoms in total. The molecular weight excluding hydrogens is 476 g/mol. The van der Waals surface area contributed by atoms with Gasteiger partial charge in [0.25, 0.3) is 0 Å². The van der Waals surface area contributed by atoms with Gasteiger partial charge in [-0.3, -0.25) is 0 Å². The average molecular weight is 507 g/mol. The highest BCUT2D eigenvalue weighted by Crippen LogP contribution is 2.36. The molecule has 37 heavy (non-hydrogen) atoms. The van der Waals surface area contributed by atoms with Crippen molar-refractivity contribution >= 4 is 11.6 Å². The number of nitriles is 2. The molecule has 3 aromatic carbocycles. The fraction of sp³-hybridized carbons (Fsp3) is 0.250. The van der Waals surface area contributed by atoms with E-state index in [1.807, 2.05) is 80.8 Å². The topological polar surface area (TPSA) is 64.5 Å². The Morgan fingerprint density at radius 1 is 0.892 bits per heavy atom. The van der Waals surface area contributed by atoms with Crippen molar-refractivity contribution in [2.45, 2.75) is 45.2 Å². The number of nitrogens with one attached hydrogen (secondary N) is 1. The number of aromatic nitrogens is 1. The maximum absolute atomic E-state index is 10.1. The van der Waals surface area contributed by atoms with Gasteiger partial charge in [-0.15, -0.1) is 0 Å². The van der Waals surface area contributed by atoms with Crippen LogP contribution in [0.5, 0.6) is 0 Å². The van der Waals surface area contributed by atoms with Crippen molar-refractivity contribution in [1.82, 2.24) is 9.88 Å². The third kappa shape index (κ3) is 6.30. The largest absolute Gasteiger partial charge is 0.324 e. The summed E-state index contributed by atoms with van der Waals surface area (Å²) >= 11 is 6.13. The fourth-order valence-electron chi connectivity index (χ4n) is 4.81. The van der Waals surface area contributed by atoms with E-state index in [9.17, 15) is 10.5 Å². The van der Waals surface area contributed by atoms with Crippen molar-refractivity contribution in [3.8, 4) is 17.8 Å². The van der Waals surface area contributed by atoms with E-state index in [0.717, 1.165) is 28.8 Å². The van der Waals surface area contributed by atoms with Crippen LogP contribution in [-0.4, -0.2) is 10.6 Å². The fourth-order valence-corrected chi connectivity index (χ4v) is 4.93. The molecule has 4 rings (SSSR count). The Balaban J connectivity index is 1.67. The lowest BCUT2D eigenvalue weighted by Crippen LogP contribution is -2.42. The molecule has 5 heteroatoms. The Morgan fingerprint density at radius 2 is 1.57 bits per heavy atom. The molecule has 0 aliphatic rings. The van der Waals surface area contributed by atoms with Crippen molar-refractivity contribution in [2.24, 2.45) is 5.41 Å². The molecular formula is C32H31ClN4. The molecule has 1 N–H and O–H groups in total. The summed E-state index contributed by atoms with van der Waals surface area (Å²) in [5, 5.41) is 24.1. The summed E-state index contributed by atoms with van der Waals surface area (Å²) in [7, 11) is 0. The molecule has 0 aliphatic carbocycles. The molecule has 0 fully saturated rings. The maximum Gasteiger partial charge on any atom is 0.0991 e. The Labute approximate surface area is 224 Å². The molecule has 186 valence electrons. The average Bonchev–Trinajstić information content (AvgIpc) is 3.46. The van der Waals surface area contributed by atoms with Crippen LogP contribution in [0.25, 0.3) is 5.69 Å². The summed E-state index contributed by atoms with van der Waals surface area (Å²) in [6, 6.07) is 32.7. The van der Waals surface area contributed by atoms with E-state index in [-0.39, 0.29) is 18.0 Å². The van der Waals surface area contributed by atoms with Crippen LogP contribution in [-0.2, 0) is 6.42 Å². The van der Waals surface area contributed by atoms with Gasteiger partial charge >= 0.3 is 0 Å². The zero-order chi connectivity index (χ0) is 26.4. The quantitative estimate of drug-likeness (QED) is 0.254. The lowest BCUT2D eigenvalue weighted by atomic mass is 9.79. The van der Waals surface area contributed by atoms with Crippen molar-refractivity contribution < 1.29 is 0 Å². The predicted octanol–water partition coefficient (Wildman–Crippen LogP) is 7.60. The lowest BCUT2D eigenvalue weighted by molar-refractivity contribution is 0.281.